The first-order chi connectivity index (χ1) is 13.0. The number of carbonyl (C=O) groups excluding carboxylic acids is 1. The van der Waals surface area contributed by atoms with E-state index in [1.165, 1.54) is 11.1 Å². The second-order valence-electron chi connectivity index (χ2n) is 7.42. The Morgan fingerprint density at radius 2 is 1.70 bits per heavy atom. The van der Waals surface area contributed by atoms with Crippen LogP contribution in [0.4, 0.5) is 11.6 Å². The number of anilines is 2. The zero-order chi connectivity index (χ0) is 19.4. The lowest BCUT2D eigenvalue weighted by Crippen LogP contribution is -2.41. The molecule has 0 spiro atoms. The fourth-order valence-electron chi connectivity index (χ4n) is 3.27. The fourth-order valence-corrected chi connectivity index (χ4v) is 3.27. The van der Waals surface area contributed by atoms with Crippen LogP contribution in [-0.4, -0.2) is 47.1 Å². The molecule has 0 atom stereocenters. The van der Waals surface area contributed by atoms with E-state index in [4.69, 9.17) is 4.74 Å². The Morgan fingerprint density at radius 3 is 2.30 bits per heavy atom. The zero-order valence-electron chi connectivity index (χ0n) is 16.5. The Hall–Kier alpha value is -2.47. The van der Waals surface area contributed by atoms with Gasteiger partial charge in [-0.05, 0) is 29.0 Å². The standard InChI is InChI=1S/C21H28N4O2/c1-14(2)16-6-5-7-17(15(3)4)19(16)24-21-22-9-8-18(23-21)20(26)25-10-12-27-13-11-25/h5-9,14-15H,10-13H2,1-4H3,(H,22,23,24). The maximum atomic E-state index is 12.7. The van der Waals surface area contributed by atoms with Gasteiger partial charge in [0.1, 0.15) is 5.69 Å². The molecule has 1 N–H and O–H groups in total. The third-order valence-corrected chi connectivity index (χ3v) is 4.78. The first-order valence-electron chi connectivity index (χ1n) is 9.57. The van der Waals surface area contributed by atoms with Crippen molar-refractivity contribution in [2.75, 3.05) is 31.6 Å². The van der Waals surface area contributed by atoms with Gasteiger partial charge in [-0.1, -0.05) is 45.9 Å². The summed E-state index contributed by atoms with van der Waals surface area (Å²) in [4.78, 5) is 23.3. The molecule has 0 bridgehead atoms. The van der Waals surface area contributed by atoms with Crippen molar-refractivity contribution in [1.29, 1.82) is 0 Å². The minimum Gasteiger partial charge on any atom is -0.378 e. The van der Waals surface area contributed by atoms with E-state index in [0.29, 0.717) is 49.8 Å². The molecule has 0 unspecified atom stereocenters. The molecule has 1 amide bonds. The fraction of sp³-hybridized carbons (Fsp3) is 0.476. The summed E-state index contributed by atoms with van der Waals surface area (Å²) in [6.07, 6.45) is 1.63. The molecular weight excluding hydrogens is 340 g/mol. The molecule has 1 aliphatic rings. The number of aromatic nitrogens is 2. The summed E-state index contributed by atoms with van der Waals surface area (Å²) in [7, 11) is 0. The van der Waals surface area contributed by atoms with Crippen LogP contribution in [0.5, 0.6) is 0 Å². The van der Waals surface area contributed by atoms with Gasteiger partial charge in [0.05, 0.1) is 13.2 Å². The maximum Gasteiger partial charge on any atom is 0.272 e. The van der Waals surface area contributed by atoms with Crippen LogP contribution in [0, 0.1) is 0 Å². The molecule has 2 aromatic rings. The predicted molar refractivity (Wildman–Crippen MR) is 107 cm³/mol. The second-order valence-corrected chi connectivity index (χ2v) is 7.42. The van der Waals surface area contributed by atoms with Crippen LogP contribution < -0.4 is 5.32 Å². The molecular formula is C21H28N4O2. The number of ether oxygens (including phenoxy) is 1. The summed E-state index contributed by atoms with van der Waals surface area (Å²) in [6, 6.07) is 8.01. The van der Waals surface area contributed by atoms with Crippen LogP contribution >= 0.6 is 0 Å². The maximum absolute atomic E-state index is 12.7. The first-order valence-corrected chi connectivity index (χ1v) is 9.57. The minimum atomic E-state index is -0.0787. The monoisotopic (exact) mass is 368 g/mol. The number of benzene rings is 1. The number of morpholine rings is 1. The molecule has 1 fully saturated rings. The summed E-state index contributed by atoms with van der Waals surface area (Å²) >= 11 is 0. The number of para-hydroxylation sites is 1. The molecule has 1 aromatic carbocycles. The molecule has 0 saturated carbocycles. The van der Waals surface area contributed by atoms with Crippen molar-refractivity contribution in [3.05, 3.63) is 47.3 Å². The highest BCUT2D eigenvalue weighted by atomic mass is 16.5. The normalized spacial score (nSPS) is 14.7. The van der Waals surface area contributed by atoms with E-state index < -0.39 is 0 Å². The molecule has 6 heteroatoms. The molecule has 144 valence electrons. The van der Waals surface area contributed by atoms with Crippen molar-refractivity contribution in [3.63, 3.8) is 0 Å². The molecule has 0 radical (unpaired) electrons. The van der Waals surface area contributed by atoms with Gasteiger partial charge < -0.3 is 15.0 Å². The largest absolute Gasteiger partial charge is 0.378 e. The molecule has 6 nitrogen and oxygen atoms in total. The molecule has 1 saturated heterocycles. The van der Waals surface area contributed by atoms with Gasteiger partial charge in [0.15, 0.2) is 0 Å². The van der Waals surface area contributed by atoms with E-state index >= 15 is 0 Å². The van der Waals surface area contributed by atoms with Crippen molar-refractivity contribution in [2.24, 2.45) is 0 Å². The van der Waals surface area contributed by atoms with Gasteiger partial charge in [-0.25, -0.2) is 9.97 Å². The van der Waals surface area contributed by atoms with Gasteiger partial charge in [-0.3, -0.25) is 4.79 Å². The minimum absolute atomic E-state index is 0.0787. The second kappa shape index (κ2) is 8.48. The smallest absolute Gasteiger partial charge is 0.272 e. The van der Waals surface area contributed by atoms with Crippen LogP contribution in [0.2, 0.25) is 0 Å². The number of amides is 1. The number of hydrogen-bond acceptors (Lipinski definition) is 5. The average molecular weight is 368 g/mol. The van der Waals surface area contributed by atoms with Crippen LogP contribution in [-0.2, 0) is 4.74 Å². The summed E-state index contributed by atoms with van der Waals surface area (Å²) < 4.78 is 5.32. The Balaban J connectivity index is 1.89. The van der Waals surface area contributed by atoms with Gasteiger partial charge >= 0.3 is 0 Å². The van der Waals surface area contributed by atoms with Crippen LogP contribution in [0.25, 0.3) is 0 Å². The molecule has 1 aromatic heterocycles. The lowest BCUT2D eigenvalue weighted by molar-refractivity contribution is 0.0299. The SMILES string of the molecule is CC(C)c1cccc(C(C)C)c1Nc1nccc(C(=O)N2CCOCC2)n1. The van der Waals surface area contributed by atoms with Gasteiger partial charge in [-0.2, -0.15) is 0 Å². The Bertz CT molecular complexity index is 772. The van der Waals surface area contributed by atoms with Crippen LogP contribution in [0.1, 0.15) is 61.1 Å². The van der Waals surface area contributed by atoms with Gasteiger partial charge in [0.25, 0.3) is 5.91 Å². The Labute approximate surface area is 161 Å². The van der Waals surface area contributed by atoms with Gasteiger partial charge in [-0.15, -0.1) is 0 Å². The third-order valence-electron chi connectivity index (χ3n) is 4.78. The summed E-state index contributed by atoms with van der Waals surface area (Å²) in [6.45, 7) is 11.0. The van der Waals surface area contributed by atoms with E-state index in [1.54, 1.807) is 17.2 Å². The van der Waals surface area contributed by atoms with E-state index in [1.807, 2.05) is 0 Å². The van der Waals surface area contributed by atoms with Gasteiger partial charge in [0, 0.05) is 25.0 Å². The van der Waals surface area contributed by atoms with Crippen molar-refractivity contribution < 1.29 is 9.53 Å². The molecule has 1 aliphatic heterocycles. The lowest BCUT2D eigenvalue weighted by atomic mass is 9.93. The highest BCUT2D eigenvalue weighted by molar-refractivity contribution is 5.92. The zero-order valence-corrected chi connectivity index (χ0v) is 16.5. The Morgan fingerprint density at radius 1 is 1.07 bits per heavy atom. The van der Waals surface area contributed by atoms with Gasteiger partial charge in [0.2, 0.25) is 5.95 Å². The first kappa shape index (κ1) is 19.3. The summed E-state index contributed by atoms with van der Waals surface area (Å²) in [5.41, 5.74) is 3.88. The van der Waals surface area contributed by atoms with Crippen molar-refractivity contribution in [2.45, 2.75) is 39.5 Å². The van der Waals surface area contributed by atoms with Crippen LogP contribution in [0.15, 0.2) is 30.5 Å². The summed E-state index contributed by atoms with van der Waals surface area (Å²) in [5, 5.41) is 3.38. The topological polar surface area (TPSA) is 67.4 Å². The third kappa shape index (κ3) is 4.45. The van der Waals surface area contributed by atoms with Crippen molar-refractivity contribution >= 4 is 17.5 Å². The molecule has 3 rings (SSSR count). The Kier molecular flexibility index (Phi) is 6.06. The molecule has 0 aliphatic carbocycles. The quantitative estimate of drug-likeness (QED) is 0.866. The number of hydrogen-bond donors (Lipinski definition) is 1. The van der Waals surface area contributed by atoms with Crippen molar-refractivity contribution in [3.8, 4) is 0 Å². The van der Waals surface area contributed by atoms with E-state index in [-0.39, 0.29) is 5.91 Å². The lowest BCUT2D eigenvalue weighted by Gasteiger charge is -2.26. The van der Waals surface area contributed by atoms with E-state index in [9.17, 15) is 4.79 Å². The average Bonchev–Trinajstić information content (AvgIpc) is 2.68. The number of rotatable bonds is 5. The van der Waals surface area contributed by atoms with Crippen molar-refractivity contribution in [1.82, 2.24) is 14.9 Å². The highest BCUT2D eigenvalue weighted by Crippen LogP contribution is 2.33. The number of nitrogens with one attached hydrogen (secondary N) is 1. The number of nitrogens with zero attached hydrogens (tertiary/aromatic N) is 3. The number of carbonyl (C=O) groups is 1. The molecule has 27 heavy (non-hydrogen) atoms. The molecule has 2 heterocycles. The van der Waals surface area contributed by atoms with E-state index in [0.717, 1.165) is 5.69 Å². The summed E-state index contributed by atoms with van der Waals surface area (Å²) in [5.74, 6) is 1.10. The predicted octanol–water partition coefficient (Wildman–Crippen LogP) is 3.94. The van der Waals surface area contributed by atoms with Crippen LogP contribution in [0.3, 0.4) is 0 Å². The van der Waals surface area contributed by atoms with E-state index in [2.05, 4.69) is 61.2 Å². The highest BCUT2D eigenvalue weighted by Gasteiger charge is 2.21.